The Balaban J connectivity index is 2.37. The van der Waals surface area contributed by atoms with Crippen molar-refractivity contribution in [2.75, 3.05) is 12.4 Å². The topological polar surface area (TPSA) is 69.2 Å². The van der Waals surface area contributed by atoms with Gasteiger partial charge in [-0.1, -0.05) is 20.3 Å². The molecule has 0 aliphatic heterocycles. The number of ether oxygens (including phenoxy) is 2. The summed E-state index contributed by atoms with van der Waals surface area (Å²) in [6, 6.07) is 1.61. The van der Waals surface area contributed by atoms with Crippen molar-refractivity contribution in [3.63, 3.8) is 0 Å². The fourth-order valence-corrected chi connectivity index (χ4v) is 2.41. The Morgan fingerprint density at radius 2 is 1.93 bits per heavy atom. The van der Waals surface area contributed by atoms with E-state index in [4.69, 9.17) is 9.47 Å². The van der Waals surface area contributed by atoms with Crippen LogP contribution in [0.25, 0.3) is 0 Å². The highest BCUT2D eigenvalue weighted by Gasteiger charge is 2.37. The lowest BCUT2D eigenvalue weighted by molar-refractivity contribution is -0.140. The molecule has 0 saturated carbocycles. The van der Waals surface area contributed by atoms with Crippen molar-refractivity contribution < 1.29 is 22.6 Å². The second-order valence-electron chi connectivity index (χ2n) is 6.01. The maximum Gasteiger partial charge on any atom is 0.423 e. The van der Waals surface area contributed by atoms with Gasteiger partial charge in [0.15, 0.2) is 0 Å². The predicted molar refractivity (Wildman–Crippen MR) is 95.5 cm³/mol. The van der Waals surface area contributed by atoms with Crippen molar-refractivity contribution in [2.24, 2.45) is 0 Å². The van der Waals surface area contributed by atoms with Crippen LogP contribution < -0.4 is 14.8 Å². The van der Waals surface area contributed by atoms with Crippen LogP contribution in [0.4, 0.5) is 24.8 Å². The van der Waals surface area contributed by atoms with Crippen molar-refractivity contribution in [3.05, 3.63) is 29.6 Å². The zero-order valence-electron chi connectivity index (χ0n) is 15.7. The Kier molecular flexibility index (Phi) is 6.81. The molecule has 2 rings (SSSR count). The number of pyridine rings is 1. The van der Waals surface area contributed by atoms with E-state index < -0.39 is 17.6 Å². The number of methoxy groups -OCH3 is 1. The normalized spacial score (nSPS) is 12.6. The van der Waals surface area contributed by atoms with Gasteiger partial charge in [-0.25, -0.2) is 9.97 Å². The van der Waals surface area contributed by atoms with E-state index in [9.17, 15) is 13.2 Å². The van der Waals surface area contributed by atoms with Gasteiger partial charge in [0.05, 0.1) is 12.8 Å². The third kappa shape index (κ3) is 5.45. The highest BCUT2D eigenvalue weighted by molar-refractivity contribution is 5.59. The first-order chi connectivity index (χ1) is 12.8. The summed E-state index contributed by atoms with van der Waals surface area (Å²) in [7, 11) is 1.47. The van der Waals surface area contributed by atoms with Crippen LogP contribution in [0, 0.1) is 6.92 Å². The van der Waals surface area contributed by atoms with Crippen LogP contribution >= 0.6 is 0 Å². The van der Waals surface area contributed by atoms with Gasteiger partial charge in [-0.15, -0.1) is 0 Å². The fraction of sp³-hybridized carbons (Fsp3) is 0.500. The number of anilines is 2. The molecule has 2 aromatic rings. The van der Waals surface area contributed by atoms with Gasteiger partial charge in [-0.05, 0) is 25.3 Å². The van der Waals surface area contributed by atoms with Crippen LogP contribution in [-0.4, -0.2) is 28.2 Å². The molecule has 0 saturated heterocycles. The van der Waals surface area contributed by atoms with Crippen molar-refractivity contribution in [1.82, 2.24) is 15.0 Å². The number of nitrogens with zero attached hydrogens (tertiary/aromatic N) is 3. The Morgan fingerprint density at radius 3 is 2.52 bits per heavy atom. The number of hydrogen-bond donors (Lipinski definition) is 1. The molecule has 0 aromatic carbocycles. The minimum Gasteiger partial charge on any atom is -0.481 e. The van der Waals surface area contributed by atoms with E-state index in [0.717, 1.165) is 18.2 Å². The van der Waals surface area contributed by atoms with Crippen molar-refractivity contribution in [1.29, 1.82) is 0 Å². The van der Waals surface area contributed by atoms with Gasteiger partial charge >= 0.3 is 6.18 Å². The maximum atomic E-state index is 13.3. The first kappa shape index (κ1) is 20.7. The van der Waals surface area contributed by atoms with Gasteiger partial charge in [-0.3, -0.25) is 0 Å². The summed E-state index contributed by atoms with van der Waals surface area (Å²) in [5.41, 5.74) is 0.346. The number of aromatic nitrogens is 3. The molecule has 0 aliphatic carbocycles. The van der Waals surface area contributed by atoms with Crippen LogP contribution in [0.2, 0.25) is 0 Å². The van der Waals surface area contributed by atoms with Gasteiger partial charge in [0.25, 0.3) is 0 Å². The smallest absolute Gasteiger partial charge is 0.423 e. The summed E-state index contributed by atoms with van der Waals surface area (Å²) in [5.74, 6) is -0.111. The van der Waals surface area contributed by atoms with Crippen molar-refractivity contribution in [2.45, 2.75) is 52.3 Å². The monoisotopic (exact) mass is 384 g/mol. The number of hydrogen-bond acceptors (Lipinski definition) is 6. The first-order valence-corrected chi connectivity index (χ1v) is 8.67. The number of nitrogens with one attached hydrogen (secondary N) is 1. The molecule has 0 spiro atoms. The van der Waals surface area contributed by atoms with Crippen LogP contribution in [-0.2, 0) is 6.18 Å². The fourth-order valence-electron chi connectivity index (χ4n) is 2.41. The SMILES string of the molecule is CCCC(CC)Oc1nc(Nc2cc(OC)ncc2C)ncc1C(F)(F)F. The molecular weight excluding hydrogens is 361 g/mol. The van der Waals surface area contributed by atoms with Crippen molar-refractivity contribution in [3.8, 4) is 11.8 Å². The van der Waals surface area contributed by atoms with E-state index in [1.54, 1.807) is 19.2 Å². The minimum atomic E-state index is -4.60. The number of rotatable bonds is 8. The molecule has 6 nitrogen and oxygen atoms in total. The highest BCUT2D eigenvalue weighted by Crippen LogP contribution is 2.36. The maximum absolute atomic E-state index is 13.3. The molecule has 0 aliphatic rings. The van der Waals surface area contributed by atoms with Gasteiger partial charge < -0.3 is 14.8 Å². The zero-order valence-corrected chi connectivity index (χ0v) is 15.7. The molecule has 0 bridgehead atoms. The third-order valence-electron chi connectivity index (χ3n) is 3.94. The van der Waals surface area contributed by atoms with E-state index in [0.29, 0.717) is 24.4 Å². The summed E-state index contributed by atoms with van der Waals surface area (Å²) in [6.45, 7) is 5.61. The summed E-state index contributed by atoms with van der Waals surface area (Å²) < 4.78 is 50.5. The summed E-state index contributed by atoms with van der Waals surface area (Å²) in [4.78, 5) is 11.8. The Morgan fingerprint density at radius 1 is 1.19 bits per heavy atom. The predicted octanol–water partition coefficient (Wildman–Crippen LogP) is 4.91. The molecule has 148 valence electrons. The largest absolute Gasteiger partial charge is 0.481 e. The molecule has 1 atom stereocenters. The van der Waals surface area contributed by atoms with Crippen LogP contribution in [0.15, 0.2) is 18.5 Å². The lowest BCUT2D eigenvalue weighted by Gasteiger charge is -2.20. The van der Waals surface area contributed by atoms with Gasteiger partial charge in [-0.2, -0.15) is 18.2 Å². The zero-order chi connectivity index (χ0) is 20.0. The molecule has 2 heterocycles. The van der Waals surface area contributed by atoms with E-state index >= 15 is 0 Å². The third-order valence-corrected chi connectivity index (χ3v) is 3.94. The second kappa shape index (κ2) is 8.88. The quantitative estimate of drug-likeness (QED) is 0.698. The average molecular weight is 384 g/mol. The second-order valence-corrected chi connectivity index (χ2v) is 6.01. The van der Waals surface area contributed by atoms with E-state index in [-0.39, 0.29) is 12.1 Å². The molecule has 0 fully saturated rings. The molecule has 27 heavy (non-hydrogen) atoms. The summed E-state index contributed by atoms with van der Waals surface area (Å²) >= 11 is 0. The first-order valence-electron chi connectivity index (χ1n) is 8.67. The number of aryl methyl sites for hydroxylation is 1. The van der Waals surface area contributed by atoms with Gasteiger partial charge in [0, 0.05) is 18.5 Å². The minimum absolute atomic E-state index is 0.000652. The van der Waals surface area contributed by atoms with Gasteiger partial charge in [0.2, 0.25) is 17.7 Å². The molecule has 1 unspecified atom stereocenters. The van der Waals surface area contributed by atoms with Crippen molar-refractivity contribution >= 4 is 11.6 Å². The lowest BCUT2D eigenvalue weighted by atomic mass is 10.1. The van der Waals surface area contributed by atoms with Crippen LogP contribution in [0.3, 0.4) is 0 Å². The van der Waals surface area contributed by atoms with E-state index in [1.807, 2.05) is 13.8 Å². The highest BCUT2D eigenvalue weighted by atomic mass is 19.4. The van der Waals surface area contributed by atoms with E-state index in [1.165, 1.54) is 7.11 Å². The summed E-state index contributed by atoms with van der Waals surface area (Å²) in [6.07, 6.45) is -0.615. The number of halogens is 3. The van der Waals surface area contributed by atoms with Crippen LogP contribution in [0.1, 0.15) is 44.2 Å². The van der Waals surface area contributed by atoms with Gasteiger partial charge in [0.1, 0.15) is 11.7 Å². The lowest BCUT2D eigenvalue weighted by Crippen LogP contribution is -2.20. The molecule has 1 N–H and O–H groups in total. The molecule has 0 amide bonds. The Hall–Kier alpha value is -2.58. The molecule has 9 heteroatoms. The Bertz CT molecular complexity index is 769. The Labute approximate surface area is 156 Å². The number of alkyl halides is 3. The summed E-state index contributed by atoms with van der Waals surface area (Å²) in [5, 5.41) is 2.90. The molecular formula is C18H23F3N4O2. The average Bonchev–Trinajstić information content (AvgIpc) is 2.62. The molecule has 0 radical (unpaired) electrons. The van der Waals surface area contributed by atoms with E-state index in [2.05, 4.69) is 20.3 Å². The van der Waals surface area contributed by atoms with Crippen LogP contribution in [0.5, 0.6) is 11.8 Å². The molecule has 2 aromatic heterocycles. The standard InChI is InChI=1S/C18H23F3N4O2/c1-5-7-12(6-2)27-16-13(18(19,20)21)10-23-17(25-16)24-14-8-15(26-4)22-9-11(14)3/h8-10,12H,5-7H2,1-4H3,(H,22,23,24,25).